The lowest BCUT2D eigenvalue weighted by molar-refractivity contribution is -0.143. The van der Waals surface area contributed by atoms with Gasteiger partial charge < -0.3 is 24.0 Å². The molecule has 258 valence electrons. The van der Waals surface area contributed by atoms with Crippen LogP contribution in [0.25, 0.3) is 0 Å². The van der Waals surface area contributed by atoms with Crippen molar-refractivity contribution >= 4 is 23.4 Å². The Morgan fingerprint density at radius 3 is 1.90 bits per heavy atom. The van der Waals surface area contributed by atoms with E-state index in [0.717, 1.165) is 11.3 Å². The van der Waals surface area contributed by atoms with E-state index in [2.05, 4.69) is 15.0 Å². The Bertz CT molecular complexity index is 1590. The normalized spacial score (nSPS) is 11.7. The zero-order valence-corrected chi connectivity index (χ0v) is 27.5. The van der Waals surface area contributed by atoms with Crippen LogP contribution in [0.3, 0.4) is 0 Å². The van der Waals surface area contributed by atoms with Gasteiger partial charge in [0.15, 0.2) is 5.75 Å². The first-order valence-corrected chi connectivity index (χ1v) is 16.1. The van der Waals surface area contributed by atoms with Crippen molar-refractivity contribution in [1.82, 2.24) is 15.0 Å². The molecule has 2 aromatic heterocycles. The number of alkyl halides is 6. The highest BCUT2D eigenvalue weighted by Crippen LogP contribution is 2.37. The van der Waals surface area contributed by atoms with Crippen molar-refractivity contribution in [2.24, 2.45) is 0 Å². The molecule has 0 fully saturated rings. The molecule has 2 aromatic carbocycles. The summed E-state index contributed by atoms with van der Waals surface area (Å²) in [7, 11) is 3.02. The minimum Gasteiger partial charge on any atom is -0.497 e. The monoisotopic (exact) mass is 695 g/mol. The number of aromatic nitrogens is 3. The van der Waals surface area contributed by atoms with Crippen LogP contribution < -0.4 is 24.0 Å². The number of thioether (sulfide) groups is 1. The maximum absolute atomic E-state index is 13.7. The Labute approximate surface area is 279 Å². The largest absolute Gasteiger partial charge is 0.497 e. The average Bonchev–Trinajstić information content (AvgIpc) is 3.07. The van der Waals surface area contributed by atoms with Gasteiger partial charge in [-0.05, 0) is 60.7 Å². The Hall–Kier alpha value is -4.40. The fourth-order valence-corrected chi connectivity index (χ4v) is 5.06. The number of hydrogen-bond donors (Lipinski definition) is 0. The van der Waals surface area contributed by atoms with Gasteiger partial charge in [-0.15, -0.1) is 0 Å². The molecule has 48 heavy (non-hydrogen) atoms. The molecule has 4 rings (SSSR count). The van der Waals surface area contributed by atoms with Crippen LogP contribution in [0.15, 0.2) is 67.0 Å². The summed E-state index contributed by atoms with van der Waals surface area (Å²) in [5.41, 5.74) is -0.977. The predicted octanol–water partition coefficient (Wildman–Crippen LogP) is 7.90. The number of hydrogen-bond acceptors (Lipinski definition) is 9. The van der Waals surface area contributed by atoms with Gasteiger partial charge in [-0.2, -0.15) is 38.1 Å². The Morgan fingerprint density at radius 1 is 0.729 bits per heavy atom. The second-order valence-electron chi connectivity index (χ2n) is 10.5. The lowest BCUT2D eigenvalue weighted by atomic mass is 10.0. The van der Waals surface area contributed by atoms with E-state index < -0.39 is 30.0 Å². The second-order valence-corrected chi connectivity index (χ2v) is 11.5. The molecule has 0 bridgehead atoms. The Kier molecular flexibility index (Phi) is 12.2. The lowest BCUT2D eigenvalue weighted by Gasteiger charge is -2.29. The molecule has 4 aromatic rings. The van der Waals surface area contributed by atoms with Gasteiger partial charge in [0.25, 0.3) is 0 Å². The van der Waals surface area contributed by atoms with Crippen LogP contribution in [-0.2, 0) is 32.0 Å². The molecule has 0 aliphatic carbocycles. The maximum atomic E-state index is 13.7. The molecule has 0 amide bonds. The topological polar surface area (TPSA) is 72.8 Å². The summed E-state index contributed by atoms with van der Waals surface area (Å²) in [4.78, 5) is 16.9. The van der Waals surface area contributed by atoms with Crippen LogP contribution in [0.4, 0.5) is 38.0 Å². The van der Waals surface area contributed by atoms with Gasteiger partial charge in [-0.1, -0.05) is 12.1 Å². The van der Waals surface area contributed by atoms with E-state index in [-0.39, 0.29) is 30.0 Å². The number of benzene rings is 2. The van der Waals surface area contributed by atoms with Gasteiger partial charge in [0, 0.05) is 31.5 Å². The summed E-state index contributed by atoms with van der Waals surface area (Å²) < 4.78 is 98.7. The molecule has 15 heteroatoms. The number of anilines is 2. The molecule has 2 heterocycles. The first-order valence-electron chi connectivity index (χ1n) is 14.7. The minimum atomic E-state index is -5.00. The second kappa shape index (κ2) is 16.1. The summed E-state index contributed by atoms with van der Waals surface area (Å²) >= 11 is 1.59. The first-order chi connectivity index (χ1) is 22.8. The van der Waals surface area contributed by atoms with Gasteiger partial charge in [0.05, 0.1) is 62.3 Å². The Morgan fingerprint density at radius 2 is 1.35 bits per heavy atom. The van der Waals surface area contributed by atoms with E-state index in [9.17, 15) is 26.3 Å². The van der Waals surface area contributed by atoms with Crippen molar-refractivity contribution in [3.8, 4) is 17.4 Å². The Balaban J connectivity index is 1.77. The molecule has 0 radical (unpaired) electrons. The molecule has 0 aliphatic rings. The molecule has 0 saturated carbocycles. The molecule has 0 spiro atoms. The smallest absolute Gasteiger partial charge is 0.416 e. The zero-order valence-electron chi connectivity index (χ0n) is 26.7. The van der Waals surface area contributed by atoms with E-state index in [0.29, 0.717) is 54.7 Å². The summed E-state index contributed by atoms with van der Waals surface area (Å²) in [6.07, 6.45) is -5.26. The van der Waals surface area contributed by atoms with Crippen molar-refractivity contribution < 1.29 is 40.6 Å². The third-order valence-corrected chi connectivity index (χ3v) is 7.78. The van der Waals surface area contributed by atoms with Crippen LogP contribution in [0.5, 0.6) is 17.4 Å². The van der Waals surface area contributed by atoms with Crippen LogP contribution in [0, 0.1) is 0 Å². The SMILES string of the molecule is CCN(Cc1ccc(OC)cc1)c1ccc(OC)nc1CN(Cc1cc(C(F)(F)F)cc(C(F)(F)F)c1)c1ncc(OCCSC)cn1. The van der Waals surface area contributed by atoms with Gasteiger partial charge in [-0.3, -0.25) is 0 Å². The number of methoxy groups -OCH3 is 2. The summed E-state index contributed by atoms with van der Waals surface area (Å²) in [5.74, 6) is 2.11. The molecule has 0 saturated heterocycles. The lowest BCUT2D eigenvalue weighted by Crippen LogP contribution is -2.29. The third kappa shape index (κ3) is 9.81. The maximum Gasteiger partial charge on any atom is 0.416 e. The molecule has 8 nitrogen and oxygen atoms in total. The van der Waals surface area contributed by atoms with Crippen molar-refractivity contribution in [3.05, 3.63) is 94.9 Å². The molecular formula is C33H35F6N5O3S. The molecule has 0 atom stereocenters. The number of pyridine rings is 1. The van der Waals surface area contributed by atoms with Crippen molar-refractivity contribution in [1.29, 1.82) is 0 Å². The molecule has 0 unspecified atom stereocenters. The van der Waals surface area contributed by atoms with Gasteiger partial charge in [-0.25, -0.2) is 15.0 Å². The third-order valence-electron chi connectivity index (χ3n) is 7.20. The molecule has 0 aliphatic heterocycles. The molecular weight excluding hydrogens is 660 g/mol. The van der Waals surface area contributed by atoms with Gasteiger partial charge in [0.2, 0.25) is 11.8 Å². The van der Waals surface area contributed by atoms with E-state index in [1.165, 1.54) is 24.4 Å². The van der Waals surface area contributed by atoms with Crippen molar-refractivity contribution in [3.63, 3.8) is 0 Å². The van der Waals surface area contributed by atoms with Crippen LogP contribution >= 0.6 is 11.8 Å². The quantitative estimate of drug-likeness (QED) is 0.0912. The van der Waals surface area contributed by atoms with E-state index in [1.54, 1.807) is 24.9 Å². The number of nitrogens with zero attached hydrogens (tertiary/aromatic N) is 5. The number of halogens is 6. The van der Waals surface area contributed by atoms with Gasteiger partial charge >= 0.3 is 12.4 Å². The summed E-state index contributed by atoms with van der Waals surface area (Å²) in [6.45, 7) is 2.89. The summed E-state index contributed by atoms with van der Waals surface area (Å²) in [6, 6.07) is 12.5. The van der Waals surface area contributed by atoms with Crippen molar-refractivity contribution in [2.75, 3.05) is 49.2 Å². The van der Waals surface area contributed by atoms with Crippen LogP contribution in [-0.4, -0.2) is 54.3 Å². The van der Waals surface area contributed by atoms with E-state index >= 15 is 0 Å². The highest BCUT2D eigenvalue weighted by atomic mass is 32.2. The standard InChI is InChI=1S/C33H35F6N5O3S/c1-5-43(19-22-6-8-26(45-2)9-7-22)29-10-11-30(46-3)42-28(29)21-44(31-40-17-27(18-41-31)47-12-13-48-4)20-23-14-24(32(34,35)36)16-25(15-23)33(37,38)39/h6-11,14-18H,5,12-13,19-21H2,1-4H3. The van der Waals surface area contributed by atoms with Crippen LogP contribution in [0.1, 0.15) is 34.9 Å². The fourth-order valence-electron chi connectivity index (χ4n) is 4.81. The summed E-state index contributed by atoms with van der Waals surface area (Å²) in [5, 5.41) is 0. The van der Waals surface area contributed by atoms with Crippen molar-refractivity contribution in [2.45, 2.75) is 38.9 Å². The fraction of sp³-hybridized carbons (Fsp3) is 0.364. The van der Waals surface area contributed by atoms with Crippen LogP contribution in [0.2, 0.25) is 0 Å². The first kappa shape index (κ1) is 36.4. The van der Waals surface area contributed by atoms with E-state index in [4.69, 9.17) is 14.2 Å². The average molecular weight is 696 g/mol. The van der Waals surface area contributed by atoms with Gasteiger partial charge in [0.1, 0.15) is 5.75 Å². The predicted molar refractivity (Wildman–Crippen MR) is 173 cm³/mol. The molecule has 0 N–H and O–H groups in total. The zero-order chi connectivity index (χ0) is 34.9. The highest BCUT2D eigenvalue weighted by molar-refractivity contribution is 7.98. The number of rotatable bonds is 15. The van der Waals surface area contributed by atoms with E-state index in [1.807, 2.05) is 48.4 Å². The minimum absolute atomic E-state index is 0.0481. The number of ether oxygens (including phenoxy) is 3. The highest BCUT2D eigenvalue weighted by Gasteiger charge is 2.37.